The zero-order valence-electron chi connectivity index (χ0n) is 24.1. The van der Waals surface area contributed by atoms with Crippen LogP contribution in [-0.4, -0.2) is 40.3 Å². The van der Waals surface area contributed by atoms with Gasteiger partial charge in [0, 0.05) is 25.7 Å². The molecule has 1 amide bonds. The minimum atomic E-state index is -0.529. The Morgan fingerprint density at radius 3 is 2.17 bits per heavy atom. The molecule has 4 aromatic rings. The van der Waals surface area contributed by atoms with E-state index < -0.39 is 11.7 Å². The molecule has 2 aromatic heterocycles. The third-order valence-electron chi connectivity index (χ3n) is 5.79. The third-order valence-corrected chi connectivity index (χ3v) is 5.99. The van der Waals surface area contributed by atoms with Crippen LogP contribution in [-0.2, 0) is 24.2 Å². The van der Waals surface area contributed by atoms with Gasteiger partial charge in [-0.25, -0.2) is 14.8 Å². The summed E-state index contributed by atoms with van der Waals surface area (Å²) in [5.74, 6) is 2.99. The molecule has 2 heterocycles. The smallest absolute Gasteiger partial charge is 0.407 e. The highest BCUT2D eigenvalue weighted by molar-refractivity contribution is 6.30. The number of nitrogens with zero attached hydrogens (tertiary/aromatic N) is 3. The Bertz CT molecular complexity index is 1440. The van der Waals surface area contributed by atoms with Crippen LogP contribution in [0.1, 0.15) is 37.5 Å². The maximum Gasteiger partial charge on any atom is 0.407 e. The van der Waals surface area contributed by atoms with E-state index in [4.69, 9.17) is 25.8 Å². The van der Waals surface area contributed by atoms with Gasteiger partial charge in [-0.3, -0.25) is 0 Å². The van der Waals surface area contributed by atoms with Gasteiger partial charge in [0.1, 0.15) is 22.9 Å². The van der Waals surface area contributed by atoms with Gasteiger partial charge in [0.05, 0.1) is 24.5 Å². The average molecular weight is 591 g/mol. The normalized spacial score (nSPS) is 11.0. The van der Waals surface area contributed by atoms with E-state index in [9.17, 15) is 4.79 Å². The highest BCUT2D eigenvalue weighted by atomic mass is 35.5. The fraction of sp³-hybridized carbons (Fsp3) is 0.290. The number of amides is 1. The molecule has 0 spiro atoms. The number of carbonyl (C=O) groups excluding carboxylic acids is 1. The quantitative estimate of drug-likeness (QED) is 0.167. The van der Waals surface area contributed by atoms with E-state index >= 15 is 0 Å². The molecule has 0 aliphatic carbocycles. The summed E-state index contributed by atoms with van der Waals surface area (Å²) in [6.45, 7) is 6.98. The molecule has 4 rings (SSSR count). The molecule has 0 aliphatic heterocycles. The van der Waals surface area contributed by atoms with Crippen molar-refractivity contribution in [3.05, 3.63) is 94.8 Å². The molecule has 0 unspecified atom stereocenters. The highest BCUT2D eigenvalue weighted by Gasteiger charge is 2.15. The fourth-order valence-corrected chi connectivity index (χ4v) is 3.89. The van der Waals surface area contributed by atoms with Gasteiger partial charge >= 0.3 is 6.09 Å². The first-order valence-electron chi connectivity index (χ1n) is 13.5. The molecule has 2 aromatic carbocycles. The molecule has 0 atom stereocenters. The number of hydrogen-bond acceptors (Lipinski definition) is 9. The predicted molar refractivity (Wildman–Crippen MR) is 163 cm³/mol. The van der Waals surface area contributed by atoms with Crippen LogP contribution in [0, 0.1) is 0 Å². The highest BCUT2D eigenvalue weighted by Crippen LogP contribution is 2.24. The minimum absolute atomic E-state index is 0.429. The van der Waals surface area contributed by atoms with Crippen molar-refractivity contribution >= 4 is 29.5 Å². The molecule has 0 saturated carbocycles. The number of halogens is 1. The van der Waals surface area contributed by atoms with E-state index in [1.165, 1.54) is 12.4 Å². The Kier molecular flexibility index (Phi) is 10.4. The lowest BCUT2D eigenvalue weighted by atomic mass is 10.1. The van der Waals surface area contributed by atoms with Crippen molar-refractivity contribution in [2.45, 2.75) is 45.9 Å². The van der Waals surface area contributed by atoms with Gasteiger partial charge < -0.3 is 30.2 Å². The SMILES string of the molecule is COc1ccc(CNc2cc(CNc3ncc(Cl)cn3)cc(Oc3ccc(CCNC(=O)OC(C)(C)C)cc3)n2)cc1. The molecule has 11 heteroatoms. The molecule has 3 N–H and O–H groups in total. The molecule has 0 saturated heterocycles. The molecule has 0 aliphatic rings. The summed E-state index contributed by atoms with van der Waals surface area (Å²) in [4.78, 5) is 24.9. The number of hydrogen-bond donors (Lipinski definition) is 3. The topological polar surface area (TPSA) is 120 Å². The molecule has 0 fully saturated rings. The lowest BCUT2D eigenvalue weighted by molar-refractivity contribution is 0.0528. The molecule has 0 bridgehead atoms. The molecular formula is C31H35ClN6O4. The first-order chi connectivity index (χ1) is 20.1. The van der Waals surface area contributed by atoms with Gasteiger partial charge in [0.15, 0.2) is 0 Å². The first-order valence-corrected chi connectivity index (χ1v) is 13.9. The Morgan fingerprint density at radius 1 is 0.857 bits per heavy atom. The zero-order valence-corrected chi connectivity index (χ0v) is 24.9. The van der Waals surface area contributed by atoms with Crippen molar-refractivity contribution in [2.75, 3.05) is 24.3 Å². The minimum Gasteiger partial charge on any atom is -0.497 e. The number of rotatable bonds is 12. The summed E-state index contributed by atoms with van der Waals surface area (Å²) in [5, 5.41) is 9.81. The summed E-state index contributed by atoms with van der Waals surface area (Å²) < 4.78 is 16.7. The lowest BCUT2D eigenvalue weighted by Gasteiger charge is -2.19. The molecule has 0 radical (unpaired) electrons. The van der Waals surface area contributed by atoms with E-state index in [1.807, 2.05) is 81.4 Å². The Morgan fingerprint density at radius 2 is 1.50 bits per heavy atom. The predicted octanol–water partition coefficient (Wildman–Crippen LogP) is 6.62. The monoisotopic (exact) mass is 590 g/mol. The fourth-order valence-electron chi connectivity index (χ4n) is 3.79. The van der Waals surface area contributed by atoms with Crippen molar-refractivity contribution in [2.24, 2.45) is 0 Å². The summed E-state index contributed by atoms with van der Waals surface area (Å²) in [6.07, 6.45) is 3.31. The van der Waals surface area contributed by atoms with Crippen LogP contribution in [0.4, 0.5) is 16.6 Å². The summed E-state index contributed by atoms with van der Waals surface area (Å²) >= 11 is 5.90. The summed E-state index contributed by atoms with van der Waals surface area (Å²) in [5.41, 5.74) is 2.52. The Labute approximate surface area is 250 Å². The standard InChI is InChI=1S/C31H35ClN6O4/c1-31(2,3)42-30(39)33-14-13-21-5-11-26(12-6-21)41-28-16-23(18-35-29-36-19-24(32)20-37-29)15-27(38-28)34-17-22-7-9-25(40-4)10-8-22/h5-12,15-16,19-20H,13-14,17-18H2,1-4H3,(H,33,39)(H,34,38)(H,35,36,37). The largest absolute Gasteiger partial charge is 0.497 e. The molecule has 220 valence electrons. The Hall–Kier alpha value is -4.57. The van der Waals surface area contributed by atoms with Crippen molar-refractivity contribution in [1.82, 2.24) is 20.3 Å². The van der Waals surface area contributed by atoms with Gasteiger partial charge in [-0.15, -0.1) is 0 Å². The van der Waals surface area contributed by atoms with Gasteiger partial charge in [0.25, 0.3) is 0 Å². The molecule has 10 nitrogen and oxygen atoms in total. The van der Waals surface area contributed by atoms with Gasteiger partial charge in [-0.2, -0.15) is 4.98 Å². The zero-order chi connectivity index (χ0) is 30.0. The number of methoxy groups -OCH3 is 1. The van der Waals surface area contributed by atoms with Gasteiger partial charge in [-0.1, -0.05) is 35.9 Å². The molecule has 42 heavy (non-hydrogen) atoms. The summed E-state index contributed by atoms with van der Waals surface area (Å²) in [6, 6.07) is 19.3. The number of pyridine rings is 1. The van der Waals surface area contributed by atoms with E-state index in [1.54, 1.807) is 7.11 Å². The van der Waals surface area contributed by atoms with Crippen LogP contribution in [0.25, 0.3) is 0 Å². The summed E-state index contributed by atoms with van der Waals surface area (Å²) in [7, 11) is 1.64. The van der Waals surface area contributed by atoms with Crippen LogP contribution < -0.4 is 25.4 Å². The molecular weight excluding hydrogens is 556 g/mol. The van der Waals surface area contributed by atoms with E-state index in [2.05, 4.69) is 30.9 Å². The van der Waals surface area contributed by atoms with Gasteiger partial charge in [-0.05, 0) is 74.2 Å². The first kappa shape index (κ1) is 30.4. The lowest BCUT2D eigenvalue weighted by Crippen LogP contribution is -2.33. The number of alkyl carbamates (subject to hydrolysis) is 1. The maximum atomic E-state index is 11.9. The van der Waals surface area contributed by atoms with Crippen LogP contribution in [0.5, 0.6) is 17.4 Å². The maximum absolute atomic E-state index is 11.9. The van der Waals surface area contributed by atoms with Crippen molar-refractivity contribution in [3.63, 3.8) is 0 Å². The van der Waals surface area contributed by atoms with Crippen LogP contribution >= 0.6 is 11.6 Å². The second-order valence-corrected chi connectivity index (χ2v) is 10.8. The number of ether oxygens (including phenoxy) is 3. The number of aromatic nitrogens is 3. The second kappa shape index (κ2) is 14.4. The number of carbonyl (C=O) groups is 1. The van der Waals surface area contributed by atoms with E-state index in [0.717, 1.165) is 22.4 Å². The number of anilines is 2. The number of benzene rings is 2. The van der Waals surface area contributed by atoms with Crippen molar-refractivity contribution in [3.8, 4) is 17.4 Å². The van der Waals surface area contributed by atoms with Crippen LogP contribution in [0.2, 0.25) is 5.02 Å². The van der Waals surface area contributed by atoms with Gasteiger partial charge in [0.2, 0.25) is 11.8 Å². The second-order valence-electron chi connectivity index (χ2n) is 10.4. The number of nitrogens with one attached hydrogen (secondary N) is 3. The van der Waals surface area contributed by atoms with Crippen molar-refractivity contribution < 1.29 is 19.0 Å². The van der Waals surface area contributed by atoms with Crippen LogP contribution in [0.15, 0.2) is 73.1 Å². The Balaban J connectivity index is 1.41. The third kappa shape index (κ3) is 10.1. The average Bonchev–Trinajstić information content (AvgIpc) is 2.96. The van der Waals surface area contributed by atoms with Crippen LogP contribution in [0.3, 0.4) is 0 Å². The van der Waals surface area contributed by atoms with E-state index in [0.29, 0.717) is 54.5 Å². The van der Waals surface area contributed by atoms with Crippen molar-refractivity contribution in [1.29, 1.82) is 0 Å². The van der Waals surface area contributed by atoms with E-state index in [-0.39, 0.29) is 0 Å².